The quantitative estimate of drug-likeness (QED) is 0.778. The largest absolute Gasteiger partial charge is 0.468 e. The fourth-order valence-corrected chi connectivity index (χ4v) is 4.60. The van der Waals surface area contributed by atoms with Gasteiger partial charge < -0.3 is 9.15 Å². The number of carbonyl (C=O) groups is 1. The standard InChI is InChI=1S/C21H26N2O3/c1-14-17(22-20(26-14)15-8-4-3-5-9-15)13-23-18-11-7-6-10-16(18)12-19(23)21(24)25-2/h3-5,8-9,16,18-19H,6-7,10-13H2,1-2H3. The van der Waals surface area contributed by atoms with E-state index in [4.69, 9.17) is 14.1 Å². The van der Waals surface area contributed by atoms with E-state index in [1.165, 1.54) is 26.4 Å². The SMILES string of the molecule is COC(=O)C1CC2CCCCC2N1Cc1nc(-c2ccccc2)oc1C. The molecule has 1 aromatic carbocycles. The molecule has 3 atom stereocenters. The molecule has 138 valence electrons. The molecule has 2 aliphatic rings. The third-order valence-electron chi connectivity index (χ3n) is 5.94. The van der Waals surface area contributed by atoms with Crippen LogP contribution in [0.15, 0.2) is 34.7 Å². The van der Waals surface area contributed by atoms with Crippen LogP contribution in [0.5, 0.6) is 0 Å². The summed E-state index contributed by atoms with van der Waals surface area (Å²) in [7, 11) is 1.48. The van der Waals surface area contributed by atoms with E-state index in [0.29, 0.717) is 24.4 Å². The zero-order chi connectivity index (χ0) is 18.1. The molecule has 1 aliphatic heterocycles. The van der Waals surface area contributed by atoms with Crippen LogP contribution in [0.2, 0.25) is 0 Å². The lowest BCUT2D eigenvalue weighted by atomic mass is 9.85. The van der Waals surface area contributed by atoms with Gasteiger partial charge in [-0.3, -0.25) is 9.69 Å². The van der Waals surface area contributed by atoms with Crippen LogP contribution in [-0.2, 0) is 16.1 Å². The maximum absolute atomic E-state index is 12.4. The number of likely N-dealkylation sites (tertiary alicyclic amines) is 1. The molecule has 2 aromatic rings. The van der Waals surface area contributed by atoms with Crippen molar-refractivity contribution in [3.05, 3.63) is 41.8 Å². The summed E-state index contributed by atoms with van der Waals surface area (Å²) in [5, 5.41) is 0. The summed E-state index contributed by atoms with van der Waals surface area (Å²) in [5.74, 6) is 1.94. The number of rotatable bonds is 4. The molecule has 0 N–H and O–H groups in total. The van der Waals surface area contributed by atoms with E-state index in [9.17, 15) is 4.79 Å². The van der Waals surface area contributed by atoms with Crippen LogP contribution in [0.25, 0.3) is 11.5 Å². The smallest absolute Gasteiger partial charge is 0.323 e. The van der Waals surface area contributed by atoms with Gasteiger partial charge in [-0.25, -0.2) is 4.98 Å². The predicted octanol–water partition coefficient (Wildman–Crippen LogP) is 3.96. The van der Waals surface area contributed by atoms with Crippen molar-refractivity contribution < 1.29 is 13.9 Å². The first kappa shape index (κ1) is 17.3. The Bertz CT molecular complexity index is 771. The Morgan fingerprint density at radius 1 is 1.27 bits per heavy atom. The van der Waals surface area contributed by atoms with E-state index in [-0.39, 0.29) is 12.0 Å². The number of hydrogen-bond acceptors (Lipinski definition) is 5. The molecular formula is C21H26N2O3. The van der Waals surface area contributed by atoms with Gasteiger partial charge in [-0.15, -0.1) is 0 Å². The van der Waals surface area contributed by atoms with Gasteiger partial charge in [-0.2, -0.15) is 0 Å². The summed E-state index contributed by atoms with van der Waals surface area (Å²) in [5.41, 5.74) is 1.90. The van der Waals surface area contributed by atoms with Crippen LogP contribution in [0.3, 0.4) is 0 Å². The van der Waals surface area contributed by atoms with Gasteiger partial charge in [0, 0.05) is 18.2 Å². The minimum Gasteiger partial charge on any atom is -0.468 e. The summed E-state index contributed by atoms with van der Waals surface area (Å²) in [4.78, 5) is 19.4. The summed E-state index contributed by atoms with van der Waals surface area (Å²) < 4.78 is 11.0. The van der Waals surface area contributed by atoms with E-state index in [1.54, 1.807) is 0 Å². The normalized spacial score (nSPS) is 25.8. The van der Waals surface area contributed by atoms with E-state index < -0.39 is 0 Å². The maximum Gasteiger partial charge on any atom is 0.323 e. The Morgan fingerprint density at radius 2 is 2.04 bits per heavy atom. The Labute approximate surface area is 154 Å². The minimum absolute atomic E-state index is 0.121. The number of aryl methyl sites for hydroxylation is 1. The molecule has 5 nitrogen and oxygen atoms in total. The lowest BCUT2D eigenvalue weighted by Crippen LogP contribution is -2.42. The molecule has 0 radical (unpaired) electrons. The van der Waals surface area contributed by atoms with Gasteiger partial charge >= 0.3 is 5.97 Å². The van der Waals surface area contributed by atoms with Crippen LogP contribution in [0, 0.1) is 12.8 Å². The number of aromatic nitrogens is 1. The highest BCUT2D eigenvalue weighted by Crippen LogP contribution is 2.41. The molecule has 0 spiro atoms. The van der Waals surface area contributed by atoms with Crippen molar-refractivity contribution in [2.75, 3.05) is 7.11 Å². The lowest BCUT2D eigenvalue weighted by Gasteiger charge is -2.32. The predicted molar refractivity (Wildman–Crippen MR) is 98.4 cm³/mol. The molecule has 26 heavy (non-hydrogen) atoms. The second kappa shape index (κ2) is 7.23. The van der Waals surface area contributed by atoms with Gasteiger partial charge in [-0.05, 0) is 44.2 Å². The number of methoxy groups -OCH3 is 1. The number of fused-ring (bicyclic) bond motifs is 1. The second-order valence-corrected chi connectivity index (χ2v) is 7.45. The zero-order valence-electron chi connectivity index (χ0n) is 15.5. The molecule has 2 fully saturated rings. The summed E-state index contributed by atoms with van der Waals surface area (Å²) >= 11 is 0. The average Bonchev–Trinajstić information content (AvgIpc) is 3.23. The molecule has 1 saturated carbocycles. The number of nitrogens with zero attached hydrogens (tertiary/aromatic N) is 2. The Balaban J connectivity index is 1.60. The van der Waals surface area contributed by atoms with Crippen LogP contribution in [0.1, 0.15) is 43.6 Å². The number of benzene rings is 1. The van der Waals surface area contributed by atoms with Gasteiger partial charge in [0.2, 0.25) is 5.89 Å². The van der Waals surface area contributed by atoms with Crippen molar-refractivity contribution in [1.29, 1.82) is 0 Å². The Kier molecular flexibility index (Phi) is 4.81. The van der Waals surface area contributed by atoms with Crippen molar-refractivity contribution in [2.45, 2.75) is 57.7 Å². The second-order valence-electron chi connectivity index (χ2n) is 7.45. The van der Waals surface area contributed by atoms with Crippen LogP contribution >= 0.6 is 0 Å². The van der Waals surface area contributed by atoms with E-state index in [0.717, 1.165) is 29.9 Å². The van der Waals surface area contributed by atoms with Gasteiger partial charge in [0.25, 0.3) is 0 Å². The average molecular weight is 354 g/mol. The topological polar surface area (TPSA) is 55.6 Å². The molecule has 1 aliphatic carbocycles. The highest BCUT2D eigenvalue weighted by Gasteiger charge is 2.45. The van der Waals surface area contributed by atoms with Crippen LogP contribution in [0.4, 0.5) is 0 Å². The number of ether oxygens (including phenoxy) is 1. The summed E-state index contributed by atoms with van der Waals surface area (Å²) in [6.07, 6.45) is 5.77. The molecule has 0 amide bonds. The Hall–Kier alpha value is -2.14. The maximum atomic E-state index is 12.4. The van der Waals surface area contributed by atoms with Crippen molar-refractivity contribution >= 4 is 5.97 Å². The highest BCUT2D eigenvalue weighted by molar-refractivity contribution is 5.76. The van der Waals surface area contributed by atoms with Gasteiger partial charge in [0.05, 0.1) is 12.8 Å². The first-order valence-electron chi connectivity index (χ1n) is 9.52. The van der Waals surface area contributed by atoms with Crippen molar-refractivity contribution in [2.24, 2.45) is 5.92 Å². The third-order valence-corrected chi connectivity index (χ3v) is 5.94. The highest BCUT2D eigenvalue weighted by atomic mass is 16.5. The first-order chi connectivity index (χ1) is 12.7. The monoisotopic (exact) mass is 354 g/mol. The van der Waals surface area contributed by atoms with E-state index in [2.05, 4.69) is 4.90 Å². The molecule has 1 aromatic heterocycles. The summed E-state index contributed by atoms with van der Waals surface area (Å²) in [6, 6.07) is 10.2. The van der Waals surface area contributed by atoms with E-state index in [1.807, 2.05) is 37.3 Å². The molecule has 4 rings (SSSR count). The number of hydrogen-bond donors (Lipinski definition) is 0. The third kappa shape index (κ3) is 3.16. The van der Waals surface area contributed by atoms with Gasteiger partial charge in [0.1, 0.15) is 11.8 Å². The summed E-state index contributed by atoms with van der Waals surface area (Å²) in [6.45, 7) is 2.60. The molecule has 3 unspecified atom stereocenters. The molecule has 2 heterocycles. The van der Waals surface area contributed by atoms with Crippen molar-refractivity contribution in [1.82, 2.24) is 9.88 Å². The number of carbonyl (C=O) groups excluding carboxylic acids is 1. The van der Waals surface area contributed by atoms with Gasteiger partial charge in [0.15, 0.2) is 0 Å². The molecular weight excluding hydrogens is 328 g/mol. The molecule has 0 bridgehead atoms. The minimum atomic E-state index is -0.163. The van der Waals surface area contributed by atoms with Crippen LogP contribution in [-0.4, -0.2) is 35.0 Å². The zero-order valence-corrected chi connectivity index (χ0v) is 15.5. The number of oxazole rings is 1. The molecule has 1 saturated heterocycles. The fraction of sp³-hybridized carbons (Fsp3) is 0.524. The van der Waals surface area contributed by atoms with Crippen LogP contribution < -0.4 is 0 Å². The Morgan fingerprint density at radius 3 is 2.81 bits per heavy atom. The first-order valence-corrected chi connectivity index (χ1v) is 9.52. The fourth-order valence-electron chi connectivity index (χ4n) is 4.60. The lowest BCUT2D eigenvalue weighted by molar-refractivity contribution is -0.146. The van der Waals surface area contributed by atoms with E-state index >= 15 is 0 Å². The number of esters is 1. The van der Waals surface area contributed by atoms with Crippen molar-refractivity contribution in [3.8, 4) is 11.5 Å². The van der Waals surface area contributed by atoms with Gasteiger partial charge in [-0.1, -0.05) is 31.0 Å². The van der Waals surface area contributed by atoms with Crippen molar-refractivity contribution in [3.63, 3.8) is 0 Å². The molecule has 5 heteroatoms.